The minimum atomic E-state index is -4.49. The predicted octanol–water partition coefficient (Wildman–Crippen LogP) is 9.04. The van der Waals surface area contributed by atoms with Crippen LogP contribution in [-0.4, -0.2) is 118 Å². The van der Waals surface area contributed by atoms with Gasteiger partial charge in [-0.25, -0.2) is 18.0 Å². The average Bonchev–Trinajstić information content (AvgIpc) is 3.80. The molecule has 8 rings (SSSR count). The summed E-state index contributed by atoms with van der Waals surface area (Å²) in [5, 5.41) is 23.4. The number of likely N-dealkylation sites (tertiary alicyclic amines) is 2. The van der Waals surface area contributed by atoms with E-state index in [1.807, 2.05) is 106 Å². The van der Waals surface area contributed by atoms with Gasteiger partial charge < -0.3 is 33.9 Å². The normalized spacial score (nSPS) is 14.7. The number of ether oxygens (including phenoxy) is 4. The third kappa shape index (κ3) is 11.6. The van der Waals surface area contributed by atoms with Gasteiger partial charge in [0.25, 0.3) is 0 Å². The molecule has 2 saturated heterocycles. The Hall–Kier alpha value is -6.63. The van der Waals surface area contributed by atoms with Crippen molar-refractivity contribution in [2.45, 2.75) is 79.8 Å². The second-order valence-corrected chi connectivity index (χ2v) is 21.3. The quantitative estimate of drug-likeness (QED) is 0.0972. The standard InChI is InChI=1S/C51H57N7O9S2/c1-51(2,3)67-50(61)56-32-43(33-56)68-45-24-23-44(39-15-13-37(14-16-39)38-25-27-55(28-26-38)49(59)60)46(48-52-54-58(53-48)31-36-11-21-42(66-6)22-12-36)47(45)69(62,63)57(29-34-7-17-40(64-4)18-8-34)30-35-9-19-41(65-5)20-10-35/h7-24,38,43H,25-33H2,1-6H3,(H,59,60). The van der Waals surface area contributed by atoms with Crippen molar-refractivity contribution >= 4 is 34.0 Å². The van der Waals surface area contributed by atoms with Gasteiger partial charge in [-0.3, -0.25) is 0 Å². The number of piperidine rings is 1. The van der Waals surface area contributed by atoms with Gasteiger partial charge in [0.2, 0.25) is 15.8 Å². The molecule has 0 aliphatic carbocycles. The lowest BCUT2D eigenvalue weighted by atomic mass is 9.88. The molecule has 18 heteroatoms. The first-order chi connectivity index (χ1) is 33.1. The summed E-state index contributed by atoms with van der Waals surface area (Å²) in [7, 11) is 0.278. The predicted molar refractivity (Wildman–Crippen MR) is 262 cm³/mol. The average molecular weight is 976 g/mol. The van der Waals surface area contributed by atoms with E-state index in [1.54, 1.807) is 50.5 Å². The minimum Gasteiger partial charge on any atom is -0.497 e. The summed E-state index contributed by atoms with van der Waals surface area (Å²) in [5.74, 6) is 2.25. The number of nitrogens with zero attached hydrogens (tertiary/aromatic N) is 7. The molecule has 0 spiro atoms. The summed E-state index contributed by atoms with van der Waals surface area (Å²) < 4.78 is 55.6. The number of carbonyl (C=O) groups is 2. The molecule has 2 amide bonds. The molecule has 2 aliphatic rings. The second kappa shape index (κ2) is 20.9. The molecule has 0 atom stereocenters. The Kier molecular flexibility index (Phi) is 14.8. The van der Waals surface area contributed by atoms with Crippen LogP contribution in [0.15, 0.2) is 119 Å². The van der Waals surface area contributed by atoms with E-state index in [9.17, 15) is 14.7 Å². The van der Waals surface area contributed by atoms with Gasteiger partial charge in [0.15, 0.2) is 0 Å². The van der Waals surface area contributed by atoms with E-state index in [0.29, 0.717) is 66.7 Å². The van der Waals surface area contributed by atoms with Crippen LogP contribution in [0, 0.1) is 0 Å². The molecule has 1 aromatic heterocycles. The van der Waals surface area contributed by atoms with Crippen LogP contribution in [0.4, 0.5) is 9.59 Å². The van der Waals surface area contributed by atoms with Crippen molar-refractivity contribution in [1.29, 1.82) is 0 Å². The number of tetrazole rings is 1. The zero-order valence-corrected chi connectivity index (χ0v) is 41.2. The van der Waals surface area contributed by atoms with Crippen LogP contribution in [0.5, 0.6) is 17.2 Å². The van der Waals surface area contributed by atoms with Gasteiger partial charge in [-0.2, -0.15) is 9.10 Å². The van der Waals surface area contributed by atoms with Crippen LogP contribution in [0.25, 0.3) is 22.5 Å². The highest BCUT2D eigenvalue weighted by atomic mass is 32.2. The summed E-state index contributed by atoms with van der Waals surface area (Å²) in [6.45, 7) is 7.32. The van der Waals surface area contributed by atoms with Crippen molar-refractivity contribution in [3.63, 3.8) is 0 Å². The minimum absolute atomic E-state index is 0.00889. The summed E-state index contributed by atoms with van der Waals surface area (Å²) in [6, 6.07) is 33.9. The molecule has 5 aromatic carbocycles. The van der Waals surface area contributed by atoms with Crippen LogP contribution in [-0.2, 0) is 34.4 Å². The molecule has 1 N–H and O–H groups in total. The van der Waals surface area contributed by atoms with Crippen LogP contribution in [0.3, 0.4) is 0 Å². The fourth-order valence-corrected chi connectivity index (χ4v) is 11.8. The molecule has 3 heterocycles. The second-order valence-electron chi connectivity index (χ2n) is 18.1. The molecule has 16 nitrogen and oxygen atoms in total. The molecule has 362 valence electrons. The number of aromatic nitrogens is 4. The maximum Gasteiger partial charge on any atom is 0.410 e. The van der Waals surface area contributed by atoms with Crippen LogP contribution in [0.2, 0.25) is 0 Å². The van der Waals surface area contributed by atoms with Crippen LogP contribution in [0.1, 0.15) is 61.8 Å². The Labute approximate surface area is 407 Å². The Morgan fingerprint density at radius 2 is 1.28 bits per heavy atom. The van der Waals surface area contributed by atoms with E-state index in [-0.39, 0.29) is 47.1 Å². The van der Waals surface area contributed by atoms with Crippen molar-refractivity contribution in [2.75, 3.05) is 47.5 Å². The lowest BCUT2D eigenvalue weighted by Crippen LogP contribution is -2.53. The number of rotatable bonds is 16. The first-order valence-corrected chi connectivity index (χ1v) is 25.0. The van der Waals surface area contributed by atoms with Gasteiger partial charge in [0.1, 0.15) is 27.7 Å². The molecule has 0 bridgehead atoms. The number of hydrogen-bond donors (Lipinski definition) is 1. The third-order valence-electron chi connectivity index (χ3n) is 12.2. The van der Waals surface area contributed by atoms with E-state index < -0.39 is 27.8 Å². The largest absolute Gasteiger partial charge is 0.497 e. The molecule has 2 fully saturated rings. The van der Waals surface area contributed by atoms with Gasteiger partial charge in [-0.05, 0) is 121 Å². The lowest BCUT2D eigenvalue weighted by molar-refractivity contribution is 0.0143. The van der Waals surface area contributed by atoms with E-state index in [0.717, 1.165) is 27.8 Å². The van der Waals surface area contributed by atoms with Crippen molar-refractivity contribution in [1.82, 2.24) is 34.3 Å². The maximum absolute atomic E-state index is 16.1. The number of amides is 2. The van der Waals surface area contributed by atoms with Gasteiger partial charge >= 0.3 is 12.2 Å². The zero-order valence-electron chi connectivity index (χ0n) is 39.6. The van der Waals surface area contributed by atoms with Crippen molar-refractivity contribution in [3.8, 4) is 39.8 Å². The molecule has 69 heavy (non-hydrogen) atoms. The summed E-state index contributed by atoms with van der Waals surface area (Å²) >= 11 is 1.38. The SMILES string of the molecule is COc1ccc(CN(Cc2ccc(OC)cc2)S(=O)(=O)c2c(SC3CN(C(=O)OC(C)(C)C)C3)ccc(-c3ccc(C4CCN(C(=O)O)CC4)cc3)c2-c2nnn(Cc3ccc(OC)cc3)n2)cc1. The summed E-state index contributed by atoms with van der Waals surface area (Å²) in [4.78, 5) is 29.7. The molecule has 2 aliphatic heterocycles. The fraction of sp³-hybridized carbons (Fsp3) is 0.353. The summed E-state index contributed by atoms with van der Waals surface area (Å²) in [6.07, 6.45) is 0.0402. The van der Waals surface area contributed by atoms with Crippen LogP contribution < -0.4 is 14.2 Å². The molecule has 0 saturated carbocycles. The number of carbonyl (C=O) groups excluding carboxylic acids is 1. The van der Waals surface area contributed by atoms with Gasteiger partial charge in [0, 0.05) is 49.4 Å². The zero-order chi connectivity index (χ0) is 48.9. The number of sulfonamides is 1. The summed E-state index contributed by atoms with van der Waals surface area (Å²) in [5.41, 5.74) is 4.33. The first-order valence-electron chi connectivity index (χ1n) is 22.7. The number of benzene rings is 5. The van der Waals surface area contributed by atoms with E-state index >= 15 is 8.42 Å². The van der Waals surface area contributed by atoms with Gasteiger partial charge in [-0.1, -0.05) is 66.7 Å². The highest BCUT2D eigenvalue weighted by Gasteiger charge is 2.39. The van der Waals surface area contributed by atoms with Crippen molar-refractivity contribution < 1.29 is 42.1 Å². The van der Waals surface area contributed by atoms with Crippen molar-refractivity contribution in [2.24, 2.45) is 0 Å². The number of thioether (sulfide) groups is 1. The Morgan fingerprint density at radius 3 is 1.78 bits per heavy atom. The maximum atomic E-state index is 16.1. The van der Waals surface area contributed by atoms with Crippen molar-refractivity contribution in [3.05, 3.63) is 131 Å². The smallest absolute Gasteiger partial charge is 0.410 e. The molecular formula is C51H57N7O9S2. The Bertz CT molecular complexity index is 2790. The van der Waals surface area contributed by atoms with Gasteiger partial charge in [-0.15, -0.1) is 22.0 Å². The first kappa shape index (κ1) is 48.8. The number of carboxylic acid groups (broad SMARTS) is 1. The Balaban J connectivity index is 1.27. The van der Waals surface area contributed by atoms with E-state index in [1.165, 1.54) is 25.8 Å². The molecule has 6 aromatic rings. The molecule has 0 unspecified atom stereocenters. The lowest BCUT2D eigenvalue weighted by Gasteiger charge is -2.39. The van der Waals surface area contributed by atoms with E-state index in [4.69, 9.17) is 24.0 Å². The highest BCUT2D eigenvalue weighted by molar-refractivity contribution is 8.00. The Morgan fingerprint density at radius 1 is 0.739 bits per heavy atom. The van der Waals surface area contributed by atoms with Gasteiger partial charge in [0.05, 0.1) is 33.4 Å². The number of hydrogen-bond acceptors (Lipinski definition) is 12. The topological polar surface area (TPSA) is 179 Å². The van der Waals surface area contributed by atoms with E-state index in [2.05, 4.69) is 10.3 Å². The third-order valence-corrected chi connectivity index (χ3v) is 15.4. The monoisotopic (exact) mass is 975 g/mol. The van der Waals surface area contributed by atoms with Crippen LogP contribution >= 0.6 is 11.8 Å². The molecular weight excluding hydrogens is 919 g/mol. The molecule has 0 radical (unpaired) electrons. The number of methoxy groups -OCH3 is 3. The highest BCUT2D eigenvalue weighted by Crippen LogP contribution is 2.45. The fourth-order valence-electron chi connectivity index (χ4n) is 8.41.